The normalized spacial score (nSPS) is 15.0. The van der Waals surface area contributed by atoms with Crippen molar-refractivity contribution in [1.29, 1.82) is 0 Å². The molecule has 0 radical (unpaired) electrons. The summed E-state index contributed by atoms with van der Waals surface area (Å²) in [5.74, 6) is -0.858. The van der Waals surface area contributed by atoms with Gasteiger partial charge in [-0.15, -0.1) is 0 Å². The van der Waals surface area contributed by atoms with Crippen molar-refractivity contribution in [1.82, 2.24) is 4.90 Å². The number of methoxy groups -OCH3 is 1. The molecule has 1 aliphatic heterocycles. The van der Waals surface area contributed by atoms with Crippen LogP contribution in [0.4, 0.5) is 5.69 Å². The zero-order chi connectivity index (χ0) is 17.9. The highest BCUT2D eigenvalue weighted by Gasteiger charge is 2.34. The van der Waals surface area contributed by atoms with Crippen molar-refractivity contribution in [2.75, 3.05) is 32.1 Å². The molecule has 2 rings (SSSR count). The summed E-state index contributed by atoms with van der Waals surface area (Å²) in [7, 11) is 1.28. The van der Waals surface area contributed by atoms with Gasteiger partial charge in [-0.3, -0.25) is 4.79 Å². The number of β-amino-alcohol motifs (C(OH)–C–C–N with tert-alkyl or cyclic N) is 1. The largest absolute Gasteiger partial charge is 0.466 e. The fourth-order valence-corrected chi connectivity index (χ4v) is 2.56. The van der Waals surface area contributed by atoms with Gasteiger partial charge >= 0.3 is 5.97 Å². The van der Waals surface area contributed by atoms with Crippen LogP contribution in [-0.4, -0.2) is 48.7 Å². The van der Waals surface area contributed by atoms with Crippen molar-refractivity contribution in [3.63, 3.8) is 0 Å². The topological polar surface area (TPSA) is 78.9 Å². The van der Waals surface area contributed by atoms with Crippen LogP contribution in [0.1, 0.15) is 26.3 Å². The molecule has 1 amide bonds. The second-order valence-corrected chi connectivity index (χ2v) is 6.75. The predicted octanol–water partition coefficient (Wildman–Crippen LogP) is 1.66. The lowest BCUT2D eigenvalue weighted by atomic mass is 9.87. The van der Waals surface area contributed by atoms with Gasteiger partial charge in [0.25, 0.3) is 5.91 Å². The number of nitrogens with zero attached hydrogens (tertiary/aromatic N) is 1. The quantitative estimate of drug-likeness (QED) is 0.802. The number of benzene rings is 1. The van der Waals surface area contributed by atoms with Gasteiger partial charge in [-0.1, -0.05) is 32.9 Å². The highest BCUT2D eigenvalue weighted by Crippen LogP contribution is 2.27. The van der Waals surface area contributed by atoms with E-state index in [4.69, 9.17) is 9.84 Å². The summed E-state index contributed by atoms with van der Waals surface area (Å²) in [6.45, 7) is 6.46. The Morgan fingerprint density at radius 2 is 2.08 bits per heavy atom. The molecule has 1 aliphatic rings. The average molecular weight is 332 g/mol. The highest BCUT2D eigenvalue weighted by molar-refractivity contribution is 6.08. The summed E-state index contributed by atoms with van der Waals surface area (Å²) in [6, 6.07) is 7.74. The van der Waals surface area contributed by atoms with E-state index < -0.39 is 5.97 Å². The minimum atomic E-state index is -0.543. The van der Waals surface area contributed by atoms with Crippen LogP contribution in [0, 0.1) is 0 Å². The van der Waals surface area contributed by atoms with Crippen molar-refractivity contribution in [2.24, 2.45) is 0 Å². The summed E-state index contributed by atoms with van der Waals surface area (Å²) in [4.78, 5) is 25.9. The van der Waals surface area contributed by atoms with Crippen molar-refractivity contribution in [3.05, 3.63) is 41.1 Å². The van der Waals surface area contributed by atoms with E-state index in [0.717, 1.165) is 11.3 Å². The Hall–Kier alpha value is -2.34. The number of carbonyl (C=O) groups is 2. The molecule has 0 fully saturated rings. The zero-order valence-electron chi connectivity index (χ0n) is 14.5. The van der Waals surface area contributed by atoms with E-state index in [1.54, 1.807) is 0 Å². The summed E-state index contributed by atoms with van der Waals surface area (Å²) >= 11 is 0. The standard InChI is InChI=1S/C18H24N2O4/c1-18(2,3)12-6-5-7-13(10-12)19-15-14(17(23)24-4)11-20(8-9-21)16(15)22/h5-7,10,19,21H,8-9,11H2,1-4H3. The summed E-state index contributed by atoms with van der Waals surface area (Å²) < 4.78 is 4.78. The van der Waals surface area contributed by atoms with E-state index in [-0.39, 0.29) is 42.3 Å². The molecule has 0 bridgehead atoms. The highest BCUT2D eigenvalue weighted by atomic mass is 16.5. The van der Waals surface area contributed by atoms with E-state index in [1.165, 1.54) is 12.0 Å². The molecule has 6 nitrogen and oxygen atoms in total. The Labute approximate surface area is 142 Å². The third kappa shape index (κ3) is 3.76. The molecular formula is C18H24N2O4. The Balaban J connectivity index is 2.34. The molecule has 0 atom stereocenters. The number of aliphatic hydroxyl groups excluding tert-OH is 1. The SMILES string of the molecule is COC(=O)C1=C(Nc2cccc(C(C)(C)C)c2)C(=O)N(CCO)C1. The lowest BCUT2D eigenvalue weighted by molar-refractivity contribution is -0.136. The first kappa shape index (κ1) is 18.0. The maximum absolute atomic E-state index is 12.5. The van der Waals surface area contributed by atoms with E-state index in [2.05, 4.69) is 26.1 Å². The molecule has 0 spiro atoms. The third-order valence-electron chi connectivity index (χ3n) is 3.95. The van der Waals surface area contributed by atoms with Crippen molar-refractivity contribution >= 4 is 17.6 Å². The molecule has 0 saturated heterocycles. The zero-order valence-corrected chi connectivity index (χ0v) is 14.5. The molecule has 0 unspecified atom stereocenters. The van der Waals surface area contributed by atoms with Crippen molar-refractivity contribution < 1.29 is 19.4 Å². The predicted molar refractivity (Wildman–Crippen MR) is 91.5 cm³/mol. The lowest BCUT2D eigenvalue weighted by Crippen LogP contribution is -2.31. The van der Waals surface area contributed by atoms with E-state index in [9.17, 15) is 9.59 Å². The number of esters is 1. The number of hydrogen-bond acceptors (Lipinski definition) is 5. The van der Waals surface area contributed by atoms with Crippen molar-refractivity contribution in [2.45, 2.75) is 26.2 Å². The molecule has 1 aromatic rings. The van der Waals surface area contributed by atoms with Crippen LogP contribution in [0.15, 0.2) is 35.5 Å². The number of rotatable bonds is 5. The van der Waals surface area contributed by atoms with Gasteiger partial charge in [0.15, 0.2) is 0 Å². The van der Waals surface area contributed by atoms with Crippen LogP contribution in [0.2, 0.25) is 0 Å². The molecular weight excluding hydrogens is 308 g/mol. The first-order valence-electron chi connectivity index (χ1n) is 7.87. The molecule has 1 aromatic carbocycles. The van der Waals surface area contributed by atoms with Gasteiger partial charge in [-0.2, -0.15) is 0 Å². The van der Waals surface area contributed by atoms with Crippen LogP contribution in [-0.2, 0) is 19.7 Å². The van der Waals surface area contributed by atoms with Gasteiger partial charge in [0.2, 0.25) is 0 Å². The molecule has 130 valence electrons. The van der Waals surface area contributed by atoms with Crippen LogP contribution in [0.3, 0.4) is 0 Å². The number of amides is 1. The fraction of sp³-hybridized carbons (Fsp3) is 0.444. The Morgan fingerprint density at radius 1 is 1.38 bits per heavy atom. The van der Waals surface area contributed by atoms with Gasteiger partial charge in [-0.25, -0.2) is 4.79 Å². The van der Waals surface area contributed by atoms with Gasteiger partial charge in [0, 0.05) is 12.2 Å². The number of ether oxygens (including phenoxy) is 1. The molecule has 0 saturated carbocycles. The second kappa shape index (κ2) is 7.05. The maximum Gasteiger partial charge on any atom is 0.337 e. The van der Waals surface area contributed by atoms with E-state index >= 15 is 0 Å². The fourth-order valence-electron chi connectivity index (χ4n) is 2.56. The first-order chi connectivity index (χ1) is 11.3. The van der Waals surface area contributed by atoms with Gasteiger partial charge in [0.1, 0.15) is 5.70 Å². The molecule has 6 heteroatoms. The van der Waals surface area contributed by atoms with Crippen molar-refractivity contribution in [3.8, 4) is 0 Å². The minimum Gasteiger partial charge on any atom is -0.466 e. The molecule has 2 N–H and O–H groups in total. The molecule has 24 heavy (non-hydrogen) atoms. The van der Waals surface area contributed by atoms with Gasteiger partial charge in [0.05, 0.1) is 25.8 Å². The number of hydrogen-bond donors (Lipinski definition) is 2. The summed E-state index contributed by atoms with van der Waals surface area (Å²) in [5, 5.41) is 12.1. The molecule has 0 aliphatic carbocycles. The monoisotopic (exact) mass is 332 g/mol. The van der Waals surface area contributed by atoms with Gasteiger partial charge < -0.3 is 20.1 Å². The van der Waals surface area contributed by atoms with Gasteiger partial charge in [-0.05, 0) is 23.1 Å². The number of anilines is 1. The third-order valence-corrected chi connectivity index (χ3v) is 3.95. The van der Waals surface area contributed by atoms with E-state index in [0.29, 0.717) is 0 Å². The Bertz CT molecular complexity index is 674. The smallest absolute Gasteiger partial charge is 0.337 e. The summed E-state index contributed by atoms with van der Waals surface area (Å²) in [5.41, 5.74) is 2.31. The average Bonchev–Trinajstić information content (AvgIpc) is 2.83. The molecule has 0 aromatic heterocycles. The second-order valence-electron chi connectivity index (χ2n) is 6.75. The van der Waals surface area contributed by atoms with Crippen LogP contribution in [0.25, 0.3) is 0 Å². The Kier molecular flexibility index (Phi) is 5.29. The molecule has 1 heterocycles. The number of nitrogens with one attached hydrogen (secondary N) is 1. The number of aliphatic hydroxyl groups is 1. The lowest BCUT2D eigenvalue weighted by Gasteiger charge is -2.20. The van der Waals surface area contributed by atoms with Crippen LogP contribution < -0.4 is 5.32 Å². The van der Waals surface area contributed by atoms with E-state index in [1.807, 2.05) is 24.3 Å². The summed E-state index contributed by atoms with van der Waals surface area (Å²) in [6.07, 6.45) is 0. The number of carbonyl (C=O) groups excluding carboxylic acids is 2. The first-order valence-corrected chi connectivity index (χ1v) is 7.87. The Morgan fingerprint density at radius 3 is 2.67 bits per heavy atom. The van der Waals surface area contributed by atoms with Crippen LogP contribution in [0.5, 0.6) is 0 Å². The van der Waals surface area contributed by atoms with Crippen LogP contribution >= 0.6 is 0 Å². The minimum absolute atomic E-state index is 0.0279. The maximum atomic E-state index is 12.5.